The summed E-state index contributed by atoms with van der Waals surface area (Å²) in [7, 11) is 0. The van der Waals surface area contributed by atoms with Crippen LogP contribution >= 0.6 is 11.3 Å². The number of amides is 1. The number of rotatable bonds is 2. The minimum Gasteiger partial charge on any atom is -0.353 e. The molecule has 0 unspecified atom stereocenters. The molecule has 6 nitrogen and oxygen atoms in total. The van der Waals surface area contributed by atoms with Crippen LogP contribution in [0.3, 0.4) is 0 Å². The fourth-order valence-corrected chi connectivity index (χ4v) is 3.70. The van der Waals surface area contributed by atoms with E-state index in [0.717, 1.165) is 22.6 Å². The fraction of sp³-hybridized carbons (Fsp3) is 0.294. The molecule has 0 N–H and O–H groups in total. The van der Waals surface area contributed by atoms with Gasteiger partial charge in [0.1, 0.15) is 17.8 Å². The van der Waals surface area contributed by atoms with E-state index < -0.39 is 11.9 Å². The van der Waals surface area contributed by atoms with Crippen LogP contribution in [0, 0.1) is 0 Å². The maximum absolute atomic E-state index is 12.8. The van der Waals surface area contributed by atoms with Crippen LogP contribution in [0.5, 0.6) is 0 Å². The van der Waals surface area contributed by atoms with Crippen LogP contribution in [-0.4, -0.2) is 51.9 Å². The predicted molar refractivity (Wildman–Crippen MR) is 94.8 cm³/mol. The molecule has 0 saturated carbocycles. The van der Waals surface area contributed by atoms with E-state index in [9.17, 15) is 18.0 Å². The van der Waals surface area contributed by atoms with Crippen LogP contribution in [-0.2, 0) is 6.18 Å². The van der Waals surface area contributed by atoms with E-state index in [1.54, 1.807) is 21.4 Å². The first kappa shape index (κ1) is 17.7. The zero-order valence-corrected chi connectivity index (χ0v) is 14.8. The molecular weight excluding hydrogens is 379 g/mol. The fourth-order valence-electron chi connectivity index (χ4n) is 2.98. The molecule has 1 aromatic carbocycles. The Bertz CT molecular complexity index is 982. The molecule has 1 aliphatic rings. The van der Waals surface area contributed by atoms with Crippen LogP contribution in [0.4, 0.5) is 19.0 Å². The van der Waals surface area contributed by atoms with Crippen molar-refractivity contribution in [2.75, 3.05) is 31.1 Å². The lowest BCUT2D eigenvalue weighted by atomic mass is 10.1. The summed E-state index contributed by atoms with van der Waals surface area (Å²) in [5, 5.41) is 0. The van der Waals surface area contributed by atoms with Crippen LogP contribution in [0.25, 0.3) is 10.2 Å². The number of alkyl halides is 3. The molecule has 0 atom stereocenters. The first-order valence-electron chi connectivity index (χ1n) is 8.18. The zero-order valence-electron chi connectivity index (χ0n) is 14.0. The van der Waals surface area contributed by atoms with Gasteiger partial charge in [0.25, 0.3) is 5.91 Å². The highest BCUT2D eigenvalue weighted by Crippen LogP contribution is 2.29. The average molecular weight is 393 g/mol. The number of aromatic nitrogens is 3. The molecule has 2 aromatic heterocycles. The van der Waals surface area contributed by atoms with E-state index in [4.69, 9.17) is 0 Å². The average Bonchev–Trinajstić information content (AvgIpc) is 3.15. The van der Waals surface area contributed by atoms with Crippen molar-refractivity contribution in [3.05, 3.63) is 47.4 Å². The number of benzene rings is 1. The Morgan fingerprint density at radius 1 is 1.04 bits per heavy atom. The Labute approximate surface area is 156 Å². The molecule has 0 radical (unpaired) electrons. The number of fused-ring (bicyclic) bond motifs is 1. The van der Waals surface area contributed by atoms with Crippen molar-refractivity contribution >= 4 is 33.3 Å². The molecule has 1 saturated heterocycles. The minimum atomic E-state index is -4.51. The standard InChI is InChI=1S/C17H14F3N5OS/c18-17(19,20)14-8-15(22-9-21-14)24-3-5-25(6-4-24)16(26)11-1-2-12-13(7-11)27-10-23-12/h1-2,7-10H,3-6H2. The van der Waals surface area contributed by atoms with E-state index in [0.29, 0.717) is 31.7 Å². The van der Waals surface area contributed by atoms with Crippen LogP contribution in [0.2, 0.25) is 0 Å². The lowest BCUT2D eigenvalue weighted by molar-refractivity contribution is -0.141. The smallest absolute Gasteiger partial charge is 0.353 e. The van der Waals surface area contributed by atoms with E-state index in [1.165, 1.54) is 11.3 Å². The summed E-state index contributed by atoms with van der Waals surface area (Å²) in [5.74, 6) is 0.124. The number of piperazine rings is 1. The zero-order chi connectivity index (χ0) is 19.0. The van der Waals surface area contributed by atoms with Crippen molar-refractivity contribution < 1.29 is 18.0 Å². The highest BCUT2D eigenvalue weighted by atomic mass is 32.1. The third-order valence-corrected chi connectivity index (χ3v) is 5.20. The number of thiazole rings is 1. The molecule has 3 heterocycles. The summed E-state index contributed by atoms with van der Waals surface area (Å²) in [6.45, 7) is 1.63. The molecule has 0 aliphatic carbocycles. The third-order valence-electron chi connectivity index (χ3n) is 4.41. The summed E-state index contributed by atoms with van der Waals surface area (Å²) in [4.78, 5) is 27.5. The summed E-state index contributed by atoms with van der Waals surface area (Å²) in [6, 6.07) is 6.32. The van der Waals surface area contributed by atoms with Gasteiger partial charge in [0.2, 0.25) is 0 Å². The number of carbonyl (C=O) groups is 1. The van der Waals surface area contributed by atoms with E-state index >= 15 is 0 Å². The van der Waals surface area contributed by atoms with Gasteiger partial charge in [-0.15, -0.1) is 11.3 Å². The molecular formula is C17H14F3N5OS. The van der Waals surface area contributed by atoms with Gasteiger partial charge in [-0.1, -0.05) is 0 Å². The molecule has 1 aliphatic heterocycles. The normalized spacial score (nSPS) is 15.4. The van der Waals surface area contributed by atoms with Gasteiger partial charge in [0, 0.05) is 37.8 Å². The van der Waals surface area contributed by atoms with Crippen molar-refractivity contribution in [1.29, 1.82) is 0 Å². The maximum Gasteiger partial charge on any atom is 0.433 e. The second-order valence-electron chi connectivity index (χ2n) is 6.07. The highest BCUT2D eigenvalue weighted by Gasteiger charge is 2.33. The van der Waals surface area contributed by atoms with Gasteiger partial charge in [-0.05, 0) is 18.2 Å². The van der Waals surface area contributed by atoms with E-state index in [1.807, 2.05) is 12.1 Å². The van der Waals surface area contributed by atoms with Crippen molar-refractivity contribution in [2.24, 2.45) is 0 Å². The van der Waals surface area contributed by atoms with Gasteiger partial charge >= 0.3 is 6.18 Å². The lowest BCUT2D eigenvalue weighted by Gasteiger charge is -2.35. The van der Waals surface area contributed by atoms with Gasteiger partial charge in [-0.25, -0.2) is 15.0 Å². The Hall–Kier alpha value is -2.75. The Morgan fingerprint density at radius 3 is 2.56 bits per heavy atom. The topological polar surface area (TPSA) is 62.2 Å². The number of carbonyl (C=O) groups excluding carboxylic acids is 1. The number of hydrogen-bond acceptors (Lipinski definition) is 6. The first-order valence-corrected chi connectivity index (χ1v) is 9.06. The third kappa shape index (κ3) is 3.57. The van der Waals surface area contributed by atoms with Crippen molar-refractivity contribution in [3.8, 4) is 0 Å². The molecule has 140 valence electrons. The summed E-state index contributed by atoms with van der Waals surface area (Å²) < 4.78 is 39.4. The Morgan fingerprint density at radius 2 is 1.81 bits per heavy atom. The van der Waals surface area contributed by atoms with Crippen molar-refractivity contribution in [3.63, 3.8) is 0 Å². The molecule has 0 spiro atoms. The van der Waals surface area contributed by atoms with Crippen molar-refractivity contribution in [2.45, 2.75) is 6.18 Å². The van der Waals surface area contributed by atoms with E-state index in [2.05, 4.69) is 15.0 Å². The molecule has 1 fully saturated rings. The first-order chi connectivity index (χ1) is 12.9. The van der Waals surface area contributed by atoms with Gasteiger partial charge in [0.05, 0.1) is 15.7 Å². The quantitative estimate of drug-likeness (QED) is 0.670. The monoisotopic (exact) mass is 393 g/mol. The van der Waals surface area contributed by atoms with Gasteiger partial charge in [-0.3, -0.25) is 4.79 Å². The molecule has 1 amide bonds. The van der Waals surface area contributed by atoms with Crippen LogP contribution in [0.1, 0.15) is 16.1 Å². The Kier molecular flexibility index (Phi) is 4.42. The summed E-state index contributed by atoms with van der Waals surface area (Å²) in [5.41, 5.74) is 2.20. The largest absolute Gasteiger partial charge is 0.433 e. The molecule has 3 aromatic rings. The lowest BCUT2D eigenvalue weighted by Crippen LogP contribution is -2.49. The minimum absolute atomic E-state index is 0.0939. The highest BCUT2D eigenvalue weighted by molar-refractivity contribution is 7.16. The molecule has 0 bridgehead atoms. The Balaban J connectivity index is 1.45. The number of anilines is 1. The van der Waals surface area contributed by atoms with Crippen LogP contribution < -0.4 is 4.90 Å². The molecule has 27 heavy (non-hydrogen) atoms. The van der Waals surface area contributed by atoms with Gasteiger partial charge in [-0.2, -0.15) is 13.2 Å². The SMILES string of the molecule is O=C(c1ccc2ncsc2c1)N1CCN(c2cc(C(F)(F)F)ncn2)CC1. The van der Waals surface area contributed by atoms with Crippen molar-refractivity contribution in [1.82, 2.24) is 19.9 Å². The second-order valence-corrected chi connectivity index (χ2v) is 6.96. The number of nitrogens with zero attached hydrogens (tertiary/aromatic N) is 5. The molecule has 4 rings (SSSR count). The van der Waals surface area contributed by atoms with E-state index in [-0.39, 0.29) is 11.7 Å². The maximum atomic E-state index is 12.8. The number of halogens is 3. The number of hydrogen-bond donors (Lipinski definition) is 0. The van der Waals surface area contributed by atoms with Crippen LogP contribution in [0.15, 0.2) is 36.1 Å². The summed E-state index contributed by atoms with van der Waals surface area (Å²) in [6.07, 6.45) is -3.59. The van der Waals surface area contributed by atoms with Gasteiger partial charge in [0.15, 0.2) is 0 Å². The molecule has 10 heteroatoms. The second kappa shape index (κ2) is 6.76. The predicted octanol–water partition coefficient (Wildman–Crippen LogP) is 3.07. The summed E-state index contributed by atoms with van der Waals surface area (Å²) >= 11 is 1.47. The van der Waals surface area contributed by atoms with Gasteiger partial charge < -0.3 is 9.80 Å².